The number of thiazole rings is 1. The van der Waals surface area contributed by atoms with Crippen LogP contribution in [0, 0.1) is 11.7 Å². The molecular formula is C28H19ClFN3O5S2. The summed E-state index contributed by atoms with van der Waals surface area (Å²) in [4.78, 5) is 56.1. The number of aromatic amines is 1. The Morgan fingerprint density at radius 3 is 2.38 bits per heavy atom. The molecule has 3 amide bonds. The first-order valence-electron chi connectivity index (χ1n) is 12.1. The number of H-pyrrole nitrogens is 1. The maximum Gasteiger partial charge on any atom is 0.305 e. The highest BCUT2D eigenvalue weighted by atomic mass is 35.5. The smallest absolute Gasteiger partial charge is 0.305 e. The fourth-order valence-corrected chi connectivity index (χ4v) is 7.51. The fraction of sp³-hybridized carbons (Fsp3) is 0.143. The van der Waals surface area contributed by atoms with Gasteiger partial charge in [-0.25, -0.2) is 9.29 Å². The number of benzene rings is 3. The van der Waals surface area contributed by atoms with Crippen molar-refractivity contribution in [3.8, 4) is 5.75 Å². The van der Waals surface area contributed by atoms with Gasteiger partial charge >= 0.3 is 4.87 Å². The number of aromatic nitrogens is 1. The van der Waals surface area contributed by atoms with Gasteiger partial charge in [-0.1, -0.05) is 46.8 Å². The van der Waals surface area contributed by atoms with Gasteiger partial charge in [0.1, 0.15) is 16.8 Å². The van der Waals surface area contributed by atoms with Crippen molar-refractivity contribution in [3.63, 3.8) is 0 Å². The molecule has 2 unspecified atom stereocenters. The van der Waals surface area contributed by atoms with Crippen LogP contribution in [0.4, 0.5) is 15.8 Å². The molecule has 2 N–H and O–H groups in total. The normalized spacial score (nSPS) is 19.8. The summed E-state index contributed by atoms with van der Waals surface area (Å²) in [5, 5.41) is 2.98. The number of amides is 3. The number of ether oxygens (including phenoxy) is 1. The molecule has 3 aromatic carbocycles. The number of rotatable bonds is 6. The molecule has 4 aromatic rings. The van der Waals surface area contributed by atoms with E-state index in [1.54, 1.807) is 48.5 Å². The number of hydrogen-bond donors (Lipinski definition) is 2. The van der Waals surface area contributed by atoms with Crippen molar-refractivity contribution < 1.29 is 23.5 Å². The summed E-state index contributed by atoms with van der Waals surface area (Å²) in [6.07, 6.45) is 0. The molecule has 2 aliphatic rings. The summed E-state index contributed by atoms with van der Waals surface area (Å²) in [5.74, 6) is -2.36. The van der Waals surface area contributed by atoms with Crippen molar-refractivity contribution in [1.29, 1.82) is 0 Å². The number of nitrogens with one attached hydrogen (secondary N) is 2. The molecule has 1 fully saturated rings. The highest BCUT2D eigenvalue weighted by Gasteiger charge is 2.56. The van der Waals surface area contributed by atoms with Crippen molar-refractivity contribution in [1.82, 2.24) is 4.98 Å². The largest absolute Gasteiger partial charge is 0.484 e. The number of imide groups is 1. The van der Waals surface area contributed by atoms with Crippen molar-refractivity contribution >= 4 is 63.8 Å². The fourth-order valence-electron chi connectivity index (χ4n) is 4.87. The third-order valence-corrected chi connectivity index (χ3v) is 9.30. The monoisotopic (exact) mass is 595 g/mol. The first kappa shape index (κ1) is 26.3. The quantitative estimate of drug-likeness (QED) is 0.302. The van der Waals surface area contributed by atoms with Crippen molar-refractivity contribution in [2.24, 2.45) is 5.92 Å². The van der Waals surface area contributed by atoms with E-state index in [1.165, 1.54) is 40.9 Å². The Balaban J connectivity index is 1.24. The number of carbonyl (C=O) groups excluding carboxylic acids is 3. The van der Waals surface area contributed by atoms with Crippen molar-refractivity contribution in [2.75, 3.05) is 16.8 Å². The zero-order chi connectivity index (χ0) is 28.0. The van der Waals surface area contributed by atoms with Gasteiger partial charge in [0.2, 0.25) is 11.8 Å². The van der Waals surface area contributed by atoms with E-state index in [-0.39, 0.29) is 23.3 Å². The molecule has 0 bridgehead atoms. The van der Waals surface area contributed by atoms with E-state index in [1.807, 2.05) is 0 Å². The highest BCUT2D eigenvalue weighted by molar-refractivity contribution is 8.00. The average molecular weight is 596 g/mol. The lowest BCUT2D eigenvalue weighted by atomic mass is 9.83. The van der Waals surface area contributed by atoms with Crippen LogP contribution in [0.3, 0.4) is 0 Å². The van der Waals surface area contributed by atoms with Crippen molar-refractivity contribution in [3.05, 3.63) is 104 Å². The molecule has 8 nitrogen and oxygen atoms in total. The molecule has 40 heavy (non-hydrogen) atoms. The summed E-state index contributed by atoms with van der Waals surface area (Å²) < 4.78 is 18.7. The minimum Gasteiger partial charge on any atom is -0.484 e. The van der Waals surface area contributed by atoms with Crippen molar-refractivity contribution in [2.45, 2.75) is 16.2 Å². The Labute approximate surface area is 240 Å². The van der Waals surface area contributed by atoms with E-state index in [2.05, 4.69) is 10.3 Å². The number of anilines is 2. The van der Waals surface area contributed by atoms with Crippen LogP contribution in [0.2, 0.25) is 5.02 Å². The Morgan fingerprint density at radius 2 is 1.68 bits per heavy atom. The van der Waals surface area contributed by atoms with Gasteiger partial charge < -0.3 is 15.0 Å². The molecule has 1 saturated heterocycles. The highest BCUT2D eigenvalue weighted by Crippen LogP contribution is 2.53. The molecular weight excluding hydrogens is 577 g/mol. The first-order chi connectivity index (χ1) is 19.3. The van der Waals surface area contributed by atoms with Gasteiger partial charge in [0.15, 0.2) is 6.61 Å². The number of carbonyl (C=O) groups is 3. The Kier molecular flexibility index (Phi) is 6.95. The molecule has 3 atom stereocenters. The molecule has 0 aliphatic carbocycles. The number of nitrogens with zero attached hydrogens (tertiary/aromatic N) is 1. The Morgan fingerprint density at radius 1 is 0.975 bits per heavy atom. The predicted molar refractivity (Wildman–Crippen MR) is 151 cm³/mol. The number of thioether (sulfide) groups is 1. The van der Waals surface area contributed by atoms with Gasteiger partial charge in [0.05, 0.1) is 16.6 Å². The second-order valence-corrected chi connectivity index (χ2v) is 11.8. The van der Waals surface area contributed by atoms with Gasteiger partial charge in [0, 0.05) is 21.5 Å². The standard InChI is InChI=1S/C28H19ClFN3O5S2/c29-15-3-9-18(10-4-15)33-26(35)22-21(23-25(32-28(37)40-23)39-24(22)27(33)36)14-1-11-19(12-2-14)38-13-20(34)31-17-7-5-16(30)6-8-17/h1-12,21-22,24H,13H2,(H,31,34)(H,32,37)/t21-,22?,24?/m1/s1. The van der Waals surface area contributed by atoms with E-state index in [0.29, 0.717) is 32.1 Å². The molecule has 1 aromatic heterocycles. The van der Waals surface area contributed by atoms with E-state index < -0.39 is 28.8 Å². The van der Waals surface area contributed by atoms with Crippen LogP contribution in [-0.2, 0) is 14.4 Å². The molecule has 6 rings (SSSR count). The van der Waals surface area contributed by atoms with Crippen LogP contribution < -0.4 is 19.8 Å². The molecule has 3 heterocycles. The third-order valence-electron chi connectivity index (χ3n) is 6.65. The second kappa shape index (κ2) is 10.6. The van der Waals surface area contributed by atoms with Crippen LogP contribution in [0.5, 0.6) is 5.75 Å². The summed E-state index contributed by atoms with van der Waals surface area (Å²) >= 11 is 8.23. The van der Waals surface area contributed by atoms with E-state index >= 15 is 0 Å². The van der Waals surface area contributed by atoms with E-state index in [4.69, 9.17) is 16.3 Å². The summed E-state index contributed by atoms with van der Waals surface area (Å²) in [6.45, 7) is -0.270. The van der Waals surface area contributed by atoms with Gasteiger partial charge in [-0.2, -0.15) is 0 Å². The molecule has 202 valence electrons. The third kappa shape index (κ3) is 4.91. The van der Waals surface area contributed by atoms with Crippen LogP contribution in [-0.4, -0.2) is 34.6 Å². The summed E-state index contributed by atoms with van der Waals surface area (Å²) in [6, 6.07) is 18.8. The van der Waals surface area contributed by atoms with Crippen LogP contribution in [0.15, 0.2) is 82.6 Å². The Bertz CT molecular complexity index is 1670. The van der Waals surface area contributed by atoms with Crippen LogP contribution in [0.25, 0.3) is 0 Å². The predicted octanol–water partition coefficient (Wildman–Crippen LogP) is 5.04. The topological polar surface area (TPSA) is 109 Å². The van der Waals surface area contributed by atoms with E-state index in [9.17, 15) is 23.6 Å². The lowest BCUT2D eigenvalue weighted by molar-refractivity contribution is -0.122. The average Bonchev–Trinajstić information content (AvgIpc) is 3.44. The lowest BCUT2D eigenvalue weighted by Gasteiger charge is -2.29. The Hall–Kier alpha value is -3.93. The molecule has 0 spiro atoms. The SMILES string of the molecule is O=C(COc1ccc([C@H]2c3sc(=O)[nH]c3SC3C(=O)N(c4ccc(Cl)cc4)C(=O)C32)cc1)Nc1ccc(F)cc1. The van der Waals surface area contributed by atoms with E-state index in [0.717, 1.165) is 16.9 Å². The number of hydrogen-bond acceptors (Lipinski definition) is 7. The number of halogens is 2. The van der Waals surface area contributed by atoms with Gasteiger partial charge in [-0.3, -0.25) is 19.2 Å². The summed E-state index contributed by atoms with van der Waals surface area (Å²) in [5.41, 5.74) is 1.61. The minimum absolute atomic E-state index is 0.260. The molecule has 12 heteroatoms. The first-order valence-corrected chi connectivity index (χ1v) is 14.2. The van der Waals surface area contributed by atoms with Gasteiger partial charge in [-0.05, 0) is 66.2 Å². The zero-order valence-corrected chi connectivity index (χ0v) is 22.8. The maximum atomic E-state index is 13.7. The van der Waals surface area contributed by atoms with Gasteiger partial charge in [0.25, 0.3) is 5.91 Å². The lowest BCUT2D eigenvalue weighted by Crippen LogP contribution is -2.32. The van der Waals surface area contributed by atoms with Crippen LogP contribution in [0.1, 0.15) is 16.4 Å². The van der Waals surface area contributed by atoms with Gasteiger partial charge in [-0.15, -0.1) is 0 Å². The van der Waals surface area contributed by atoms with Crippen LogP contribution >= 0.6 is 34.7 Å². The molecule has 2 aliphatic heterocycles. The molecule has 0 radical (unpaired) electrons. The zero-order valence-electron chi connectivity index (χ0n) is 20.4. The maximum absolute atomic E-state index is 13.7. The second-order valence-electron chi connectivity index (χ2n) is 9.15. The summed E-state index contributed by atoms with van der Waals surface area (Å²) in [7, 11) is 0. The molecule has 0 saturated carbocycles. The minimum atomic E-state index is -0.722. The number of fused-ring (bicyclic) bond motifs is 2.